The van der Waals surface area contributed by atoms with Crippen molar-refractivity contribution in [1.82, 2.24) is 4.98 Å². The van der Waals surface area contributed by atoms with Gasteiger partial charge in [-0.15, -0.1) is 0 Å². The summed E-state index contributed by atoms with van der Waals surface area (Å²) in [6.07, 6.45) is 4.41. The highest BCUT2D eigenvalue weighted by Gasteiger charge is 2.07. The number of halogens is 2. The van der Waals surface area contributed by atoms with Crippen molar-refractivity contribution < 1.29 is 0 Å². The Labute approximate surface area is 123 Å². The topological polar surface area (TPSA) is 38.9 Å². The summed E-state index contributed by atoms with van der Waals surface area (Å²) < 4.78 is 2.21. The molecule has 0 aliphatic carbocycles. The number of nitrogens with zero attached hydrogens (tertiary/aromatic N) is 1. The molecule has 0 aliphatic heterocycles. The number of benzene rings is 1. The van der Waals surface area contributed by atoms with Crippen molar-refractivity contribution in [1.29, 1.82) is 0 Å². The zero-order valence-electron chi connectivity index (χ0n) is 9.11. The lowest BCUT2D eigenvalue weighted by molar-refractivity contribution is 0.717. The van der Waals surface area contributed by atoms with Gasteiger partial charge in [0.1, 0.15) is 0 Å². The van der Waals surface area contributed by atoms with E-state index in [4.69, 9.17) is 5.73 Å². The Morgan fingerprint density at radius 2 is 1.94 bits per heavy atom. The lowest BCUT2D eigenvalue weighted by Crippen LogP contribution is -2.13. The van der Waals surface area contributed by atoms with Crippen LogP contribution in [0.2, 0.25) is 0 Å². The Morgan fingerprint density at radius 3 is 2.59 bits per heavy atom. The van der Waals surface area contributed by atoms with Crippen LogP contribution >= 0.6 is 38.5 Å². The van der Waals surface area contributed by atoms with Crippen molar-refractivity contribution >= 4 is 38.5 Å². The van der Waals surface area contributed by atoms with Crippen molar-refractivity contribution in [2.75, 3.05) is 0 Å². The molecule has 1 atom stereocenters. The molecule has 4 heteroatoms. The van der Waals surface area contributed by atoms with Gasteiger partial charge in [0.2, 0.25) is 0 Å². The molecule has 2 nitrogen and oxygen atoms in total. The number of hydrogen-bond donors (Lipinski definition) is 1. The minimum Gasteiger partial charge on any atom is -0.324 e. The van der Waals surface area contributed by atoms with E-state index in [1.165, 1.54) is 9.13 Å². The molecule has 0 fully saturated rings. The Kier molecular flexibility index (Phi) is 4.53. The molecule has 0 bridgehead atoms. The highest BCUT2D eigenvalue weighted by molar-refractivity contribution is 14.1. The van der Waals surface area contributed by atoms with E-state index in [0.29, 0.717) is 0 Å². The van der Waals surface area contributed by atoms with Crippen molar-refractivity contribution in [3.8, 4) is 0 Å². The molecule has 0 radical (unpaired) electrons. The van der Waals surface area contributed by atoms with E-state index >= 15 is 0 Å². The third-order valence-corrected chi connectivity index (χ3v) is 3.68. The summed E-state index contributed by atoms with van der Waals surface area (Å²) in [5.41, 5.74) is 8.47. The fourth-order valence-electron chi connectivity index (χ4n) is 1.62. The van der Waals surface area contributed by atoms with E-state index in [1.54, 1.807) is 6.20 Å². The monoisotopic (exact) mass is 402 g/mol. The molecule has 1 aromatic heterocycles. The van der Waals surface area contributed by atoms with Crippen LogP contribution in [0.4, 0.5) is 0 Å². The number of pyridine rings is 1. The predicted octanol–water partition coefficient (Wildman–Crippen LogP) is 3.69. The smallest absolute Gasteiger partial charge is 0.0410 e. The van der Waals surface area contributed by atoms with E-state index in [9.17, 15) is 0 Å². The lowest BCUT2D eigenvalue weighted by Gasteiger charge is -2.12. The second-order valence-electron chi connectivity index (χ2n) is 3.87. The van der Waals surface area contributed by atoms with Crippen LogP contribution in [-0.2, 0) is 6.42 Å². The zero-order chi connectivity index (χ0) is 12.3. The molecule has 0 saturated carbocycles. The molecule has 0 saturated heterocycles. The van der Waals surface area contributed by atoms with Crippen LogP contribution in [0.3, 0.4) is 0 Å². The van der Waals surface area contributed by atoms with Crippen LogP contribution < -0.4 is 5.73 Å². The molecule has 0 aliphatic rings. The molecule has 1 heterocycles. The molecule has 0 spiro atoms. The normalized spacial score (nSPS) is 12.4. The maximum absolute atomic E-state index is 6.17. The van der Waals surface area contributed by atoms with Crippen LogP contribution in [0.15, 0.2) is 47.2 Å². The van der Waals surface area contributed by atoms with Crippen molar-refractivity contribution in [3.63, 3.8) is 0 Å². The summed E-state index contributed by atoms with van der Waals surface area (Å²) in [5.74, 6) is 0. The summed E-state index contributed by atoms with van der Waals surface area (Å²) in [6, 6.07) is 10.4. The van der Waals surface area contributed by atoms with Crippen molar-refractivity contribution in [2.45, 2.75) is 12.5 Å². The van der Waals surface area contributed by atoms with Gasteiger partial charge < -0.3 is 5.73 Å². The van der Waals surface area contributed by atoms with Gasteiger partial charge in [-0.2, -0.15) is 0 Å². The highest BCUT2D eigenvalue weighted by Crippen LogP contribution is 2.19. The number of rotatable bonds is 3. The average Bonchev–Trinajstić information content (AvgIpc) is 2.32. The summed E-state index contributed by atoms with van der Waals surface area (Å²) in [6.45, 7) is 0. The van der Waals surface area contributed by atoms with Crippen molar-refractivity contribution in [2.24, 2.45) is 5.73 Å². The van der Waals surface area contributed by atoms with E-state index in [2.05, 4.69) is 67.8 Å². The first-order valence-electron chi connectivity index (χ1n) is 5.25. The minimum absolute atomic E-state index is 0.0138. The molecule has 2 N–H and O–H groups in total. The summed E-state index contributed by atoms with van der Waals surface area (Å²) in [7, 11) is 0. The average molecular weight is 403 g/mol. The number of aromatic nitrogens is 1. The molecule has 1 unspecified atom stereocenters. The largest absolute Gasteiger partial charge is 0.324 e. The SMILES string of the molecule is NC(Cc1ccc(I)cc1)c1cncc(Br)c1. The molecular weight excluding hydrogens is 391 g/mol. The van der Waals surface area contributed by atoms with E-state index in [0.717, 1.165) is 16.5 Å². The maximum atomic E-state index is 6.17. The molecule has 0 amide bonds. The van der Waals surface area contributed by atoms with Gasteiger partial charge in [-0.05, 0) is 74.3 Å². The Balaban J connectivity index is 2.11. The predicted molar refractivity (Wildman–Crippen MR) is 81.7 cm³/mol. The lowest BCUT2D eigenvalue weighted by atomic mass is 10.0. The summed E-state index contributed by atoms with van der Waals surface area (Å²) in [4.78, 5) is 4.13. The molecule has 17 heavy (non-hydrogen) atoms. The minimum atomic E-state index is -0.0138. The van der Waals surface area contributed by atoms with Crippen molar-refractivity contribution in [3.05, 3.63) is 61.9 Å². The van der Waals surface area contributed by atoms with E-state index < -0.39 is 0 Å². The summed E-state index contributed by atoms with van der Waals surface area (Å²) in [5, 5.41) is 0. The quantitative estimate of drug-likeness (QED) is 0.795. The third kappa shape index (κ3) is 3.76. The molecular formula is C13H12BrIN2. The fraction of sp³-hybridized carbons (Fsp3) is 0.154. The van der Waals surface area contributed by atoms with Gasteiger partial charge in [-0.3, -0.25) is 4.98 Å². The first-order chi connectivity index (χ1) is 8.15. The second kappa shape index (κ2) is 5.93. The molecule has 2 aromatic rings. The first-order valence-corrected chi connectivity index (χ1v) is 7.13. The van der Waals surface area contributed by atoms with Gasteiger partial charge in [-0.25, -0.2) is 0 Å². The van der Waals surface area contributed by atoms with Crippen LogP contribution in [0.5, 0.6) is 0 Å². The number of hydrogen-bond acceptors (Lipinski definition) is 2. The van der Waals surface area contributed by atoms with E-state index in [-0.39, 0.29) is 6.04 Å². The van der Waals surface area contributed by atoms with Gasteiger partial charge in [0, 0.05) is 26.5 Å². The summed E-state index contributed by atoms with van der Waals surface area (Å²) >= 11 is 5.70. The Hall–Kier alpha value is -0.460. The highest BCUT2D eigenvalue weighted by atomic mass is 127. The molecule has 1 aromatic carbocycles. The number of nitrogens with two attached hydrogens (primary N) is 1. The van der Waals surface area contributed by atoms with Gasteiger partial charge >= 0.3 is 0 Å². The Morgan fingerprint density at radius 1 is 1.24 bits per heavy atom. The van der Waals surface area contributed by atoms with Gasteiger partial charge in [0.05, 0.1) is 0 Å². The molecule has 2 rings (SSSR count). The van der Waals surface area contributed by atoms with Crippen LogP contribution in [0.25, 0.3) is 0 Å². The third-order valence-electron chi connectivity index (χ3n) is 2.52. The van der Waals surface area contributed by atoms with Gasteiger partial charge in [0.15, 0.2) is 0 Å². The zero-order valence-corrected chi connectivity index (χ0v) is 12.8. The molecule has 88 valence electrons. The van der Waals surface area contributed by atoms with Gasteiger partial charge in [0.25, 0.3) is 0 Å². The maximum Gasteiger partial charge on any atom is 0.0410 e. The Bertz CT molecular complexity index is 499. The van der Waals surface area contributed by atoms with Crippen LogP contribution in [0, 0.1) is 3.57 Å². The van der Waals surface area contributed by atoms with Crippen LogP contribution in [-0.4, -0.2) is 4.98 Å². The standard InChI is InChI=1S/C13H12BrIN2/c14-11-6-10(7-17-8-11)13(16)5-9-1-3-12(15)4-2-9/h1-4,6-8,13H,5,16H2. The van der Waals surface area contributed by atoms with Gasteiger partial charge in [-0.1, -0.05) is 12.1 Å². The second-order valence-corrected chi connectivity index (χ2v) is 6.03. The van der Waals surface area contributed by atoms with E-state index in [1.807, 2.05) is 12.3 Å². The fourth-order valence-corrected chi connectivity index (χ4v) is 2.37. The first kappa shape index (κ1) is 13.0. The van der Waals surface area contributed by atoms with Crippen LogP contribution in [0.1, 0.15) is 17.2 Å².